The molecule has 0 aromatic rings. The van der Waals surface area contributed by atoms with Gasteiger partial charge >= 0.3 is 11.9 Å². The highest BCUT2D eigenvalue weighted by Crippen LogP contribution is 2.16. The zero-order valence-corrected chi connectivity index (χ0v) is 20.4. The van der Waals surface area contributed by atoms with Crippen molar-refractivity contribution in [2.45, 2.75) is 154 Å². The first-order chi connectivity index (χ1) is 15.0. The lowest BCUT2D eigenvalue weighted by atomic mass is 10.0. The van der Waals surface area contributed by atoms with Gasteiger partial charge in [0, 0.05) is 0 Å². The first kappa shape index (κ1) is 29.9. The fourth-order valence-electron chi connectivity index (χ4n) is 3.95. The number of ether oxygens (including phenoxy) is 1. The molecule has 184 valence electrons. The van der Waals surface area contributed by atoms with E-state index in [0.29, 0.717) is 12.8 Å². The standard InChI is InChI=1S/C26H50O5/c1-3-5-7-9-10-11-12-13-14-16-18-20-24(22-25(28)29)31-26(30)21-23(27)19-17-15-8-6-4-2/h23-24,27H,3-22H2,1-2H3,(H,28,29). The lowest BCUT2D eigenvalue weighted by molar-refractivity contribution is -0.155. The minimum Gasteiger partial charge on any atom is -0.481 e. The summed E-state index contributed by atoms with van der Waals surface area (Å²) in [6.45, 7) is 4.40. The SMILES string of the molecule is CCCCCCCCCCCCCC(CC(=O)O)OC(=O)CC(O)CCCCCCC. The Morgan fingerprint density at radius 3 is 1.52 bits per heavy atom. The van der Waals surface area contributed by atoms with Gasteiger partial charge in [-0.15, -0.1) is 0 Å². The third kappa shape index (κ3) is 21.9. The maximum atomic E-state index is 12.1. The van der Waals surface area contributed by atoms with Crippen LogP contribution in [0.1, 0.15) is 142 Å². The molecule has 0 bridgehead atoms. The van der Waals surface area contributed by atoms with E-state index in [2.05, 4.69) is 13.8 Å². The molecule has 2 unspecified atom stereocenters. The summed E-state index contributed by atoms with van der Waals surface area (Å²) in [4.78, 5) is 23.2. The fourth-order valence-corrected chi connectivity index (χ4v) is 3.95. The zero-order chi connectivity index (χ0) is 23.2. The molecule has 0 aromatic carbocycles. The average Bonchev–Trinajstić information content (AvgIpc) is 2.71. The van der Waals surface area contributed by atoms with Crippen LogP contribution in [0.4, 0.5) is 0 Å². The number of carbonyl (C=O) groups is 2. The van der Waals surface area contributed by atoms with E-state index in [1.807, 2.05) is 0 Å². The largest absolute Gasteiger partial charge is 0.481 e. The molecule has 0 rings (SSSR count). The highest BCUT2D eigenvalue weighted by molar-refractivity contribution is 5.71. The summed E-state index contributed by atoms with van der Waals surface area (Å²) in [7, 11) is 0. The molecule has 2 atom stereocenters. The summed E-state index contributed by atoms with van der Waals surface area (Å²) in [6, 6.07) is 0. The highest BCUT2D eigenvalue weighted by atomic mass is 16.5. The van der Waals surface area contributed by atoms with Crippen LogP contribution in [0.15, 0.2) is 0 Å². The van der Waals surface area contributed by atoms with Crippen LogP contribution in [0.25, 0.3) is 0 Å². The second kappa shape index (κ2) is 22.1. The van der Waals surface area contributed by atoms with Crippen LogP contribution in [-0.2, 0) is 14.3 Å². The second-order valence-electron chi connectivity index (χ2n) is 9.09. The number of carboxylic acids is 1. The molecule has 0 aliphatic carbocycles. The van der Waals surface area contributed by atoms with E-state index < -0.39 is 24.1 Å². The van der Waals surface area contributed by atoms with Crippen molar-refractivity contribution in [3.8, 4) is 0 Å². The number of carbonyl (C=O) groups excluding carboxylic acids is 1. The minimum atomic E-state index is -0.947. The van der Waals surface area contributed by atoms with E-state index in [9.17, 15) is 14.7 Å². The molecule has 0 aromatic heterocycles. The molecule has 0 heterocycles. The van der Waals surface area contributed by atoms with Gasteiger partial charge in [-0.1, -0.05) is 110 Å². The zero-order valence-electron chi connectivity index (χ0n) is 20.4. The number of unbranched alkanes of at least 4 members (excludes halogenated alkanes) is 14. The third-order valence-corrected chi connectivity index (χ3v) is 5.87. The van der Waals surface area contributed by atoms with Gasteiger partial charge in [-0.25, -0.2) is 0 Å². The molecular formula is C26H50O5. The van der Waals surface area contributed by atoms with Crippen molar-refractivity contribution < 1.29 is 24.5 Å². The van der Waals surface area contributed by atoms with Gasteiger partial charge < -0.3 is 14.9 Å². The molecule has 0 saturated heterocycles. The Morgan fingerprint density at radius 2 is 1.06 bits per heavy atom. The number of aliphatic hydroxyl groups is 1. The Labute approximate surface area is 191 Å². The molecule has 0 spiro atoms. The van der Waals surface area contributed by atoms with E-state index in [-0.39, 0.29) is 12.8 Å². The molecule has 0 amide bonds. The minimum absolute atomic E-state index is 0.0395. The monoisotopic (exact) mass is 442 g/mol. The van der Waals surface area contributed by atoms with E-state index in [0.717, 1.165) is 38.5 Å². The topological polar surface area (TPSA) is 83.8 Å². The second-order valence-corrected chi connectivity index (χ2v) is 9.09. The van der Waals surface area contributed by atoms with Crippen LogP contribution < -0.4 is 0 Å². The number of esters is 1. The number of aliphatic carboxylic acids is 1. The summed E-state index contributed by atoms with van der Waals surface area (Å²) in [5.74, 6) is -1.42. The van der Waals surface area contributed by atoms with Crippen molar-refractivity contribution in [2.24, 2.45) is 0 Å². The smallest absolute Gasteiger partial charge is 0.308 e. The summed E-state index contributed by atoms with van der Waals surface area (Å²) < 4.78 is 5.39. The van der Waals surface area contributed by atoms with Crippen LogP contribution in [-0.4, -0.2) is 34.4 Å². The number of carboxylic acid groups (broad SMARTS) is 1. The van der Waals surface area contributed by atoms with Gasteiger partial charge in [-0.2, -0.15) is 0 Å². The van der Waals surface area contributed by atoms with Crippen LogP contribution in [0, 0.1) is 0 Å². The van der Waals surface area contributed by atoms with Crippen LogP contribution >= 0.6 is 0 Å². The van der Waals surface area contributed by atoms with E-state index in [4.69, 9.17) is 9.84 Å². The number of hydrogen-bond acceptors (Lipinski definition) is 4. The maximum absolute atomic E-state index is 12.1. The lowest BCUT2D eigenvalue weighted by Gasteiger charge is -2.17. The van der Waals surface area contributed by atoms with Gasteiger partial charge in [0.15, 0.2) is 0 Å². The highest BCUT2D eigenvalue weighted by Gasteiger charge is 2.20. The van der Waals surface area contributed by atoms with Gasteiger partial charge in [0.2, 0.25) is 0 Å². The summed E-state index contributed by atoms with van der Waals surface area (Å²) >= 11 is 0. The van der Waals surface area contributed by atoms with E-state index in [1.165, 1.54) is 64.2 Å². The molecule has 0 fully saturated rings. The summed E-state index contributed by atoms with van der Waals surface area (Å²) in [5, 5.41) is 19.1. The average molecular weight is 443 g/mol. The molecule has 2 N–H and O–H groups in total. The number of hydrogen-bond donors (Lipinski definition) is 2. The molecule has 5 nitrogen and oxygen atoms in total. The van der Waals surface area contributed by atoms with Gasteiger partial charge in [0.05, 0.1) is 18.9 Å². The molecule has 0 radical (unpaired) electrons. The van der Waals surface area contributed by atoms with Gasteiger partial charge in [-0.3, -0.25) is 9.59 Å². The molecule has 5 heteroatoms. The first-order valence-corrected chi connectivity index (χ1v) is 13.1. The predicted molar refractivity (Wildman–Crippen MR) is 127 cm³/mol. The molecule has 0 aliphatic rings. The van der Waals surface area contributed by atoms with Crippen molar-refractivity contribution >= 4 is 11.9 Å². The molecule has 0 aliphatic heterocycles. The Balaban J connectivity index is 3.89. The first-order valence-electron chi connectivity index (χ1n) is 13.1. The summed E-state index contributed by atoms with van der Waals surface area (Å²) in [6.07, 6.45) is 18.8. The van der Waals surface area contributed by atoms with Crippen molar-refractivity contribution in [1.29, 1.82) is 0 Å². The van der Waals surface area contributed by atoms with Crippen LogP contribution in [0.3, 0.4) is 0 Å². The Hall–Kier alpha value is -1.10. The third-order valence-electron chi connectivity index (χ3n) is 5.87. The number of aliphatic hydroxyl groups excluding tert-OH is 1. The van der Waals surface area contributed by atoms with Crippen molar-refractivity contribution in [2.75, 3.05) is 0 Å². The van der Waals surface area contributed by atoms with Crippen LogP contribution in [0.2, 0.25) is 0 Å². The van der Waals surface area contributed by atoms with E-state index in [1.54, 1.807) is 0 Å². The lowest BCUT2D eigenvalue weighted by Crippen LogP contribution is -2.24. The van der Waals surface area contributed by atoms with Gasteiger partial charge in [-0.05, 0) is 19.3 Å². The Morgan fingerprint density at radius 1 is 0.645 bits per heavy atom. The van der Waals surface area contributed by atoms with Crippen LogP contribution in [0.5, 0.6) is 0 Å². The Kier molecular flexibility index (Phi) is 21.3. The quantitative estimate of drug-likeness (QED) is 0.129. The fraction of sp³-hybridized carbons (Fsp3) is 0.923. The van der Waals surface area contributed by atoms with Gasteiger partial charge in [0.1, 0.15) is 6.10 Å². The van der Waals surface area contributed by atoms with Crippen molar-refractivity contribution in [1.82, 2.24) is 0 Å². The number of rotatable bonds is 23. The predicted octanol–water partition coefficient (Wildman–Crippen LogP) is 7.19. The molecule has 31 heavy (non-hydrogen) atoms. The molecule has 0 saturated carbocycles. The molecular weight excluding hydrogens is 392 g/mol. The maximum Gasteiger partial charge on any atom is 0.308 e. The summed E-state index contributed by atoms with van der Waals surface area (Å²) in [5.41, 5.74) is 0. The van der Waals surface area contributed by atoms with Gasteiger partial charge in [0.25, 0.3) is 0 Å². The van der Waals surface area contributed by atoms with E-state index >= 15 is 0 Å². The normalized spacial score (nSPS) is 13.1. The Bertz CT molecular complexity index is 424. The van der Waals surface area contributed by atoms with Crippen molar-refractivity contribution in [3.63, 3.8) is 0 Å². The van der Waals surface area contributed by atoms with Crippen molar-refractivity contribution in [3.05, 3.63) is 0 Å².